The van der Waals surface area contributed by atoms with Crippen LogP contribution in [0.25, 0.3) is 0 Å². The molecule has 17 heavy (non-hydrogen) atoms. The van der Waals surface area contributed by atoms with Gasteiger partial charge in [0, 0.05) is 25.2 Å². The maximum atomic E-state index is 10.9. The summed E-state index contributed by atoms with van der Waals surface area (Å²) in [4.78, 5) is 15.9. The van der Waals surface area contributed by atoms with Crippen LogP contribution in [0.2, 0.25) is 0 Å². The Kier molecular flexibility index (Phi) is 3.40. The molecule has 94 valence electrons. The molecule has 2 atom stereocenters. The number of hydrogen-bond acceptors (Lipinski definition) is 4. The number of carboxylic acids is 1. The molecule has 5 heteroatoms. The Balaban J connectivity index is 2.14. The Hall–Kier alpha value is -1.07. The normalized spacial score (nSPS) is 26.2. The Morgan fingerprint density at radius 3 is 2.41 bits per heavy atom. The van der Waals surface area contributed by atoms with Crippen molar-refractivity contribution in [2.45, 2.75) is 25.9 Å². The van der Waals surface area contributed by atoms with E-state index in [9.17, 15) is 4.79 Å². The fraction of sp³-hybridized carbons (Fsp3) is 0.583. The molecule has 1 aromatic heterocycles. The highest BCUT2D eigenvalue weighted by molar-refractivity contribution is 7.17. The van der Waals surface area contributed by atoms with Gasteiger partial charge in [0.15, 0.2) is 0 Å². The van der Waals surface area contributed by atoms with E-state index in [0.717, 1.165) is 18.1 Å². The van der Waals surface area contributed by atoms with Crippen molar-refractivity contribution in [3.8, 4) is 0 Å². The van der Waals surface area contributed by atoms with Gasteiger partial charge < -0.3 is 10.0 Å². The number of rotatable bonds is 2. The monoisotopic (exact) mass is 254 g/mol. The van der Waals surface area contributed by atoms with Crippen molar-refractivity contribution in [1.29, 1.82) is 0 Å². The summed E-state index contributed by atoms with van der Waals surface area (Å²) >= 11 is 1.36. The molecule has 0 bridgehead atoms. The number of anilines is 1. The number of hydrogen-bond donors (Lipinski definition) is 1. The first kappa shape index (κ1) is 12.4. The zero-order valence-electron chi connectivity index (χ0n) is 10.4. The quantitative estimate of drug-likeness (QED) is 0.876. The molecule has 1 N–H and O–H groups in total. The van der Waals surface area contributed by atoms with Crippen LogP contribution in [-0.2, 0) is 0 Å². The van der Waals surface area contributed by atoms with Crippen LogP contribution in [0.1, 0.15) is 23.5 Å². The van der Waals surface area contributed by atoms with Gasteiger partial charge in [0.05, 0.1) is 5.00 Å². The molecule has 0 spiro atoms. The number of carboxylic acid groups (broad SMARTS) is 1. The molecule has 1 saturated heterocycles. The largest absolute Gasteiger partial charge is 0.477 e. The summed E-state index contributed by atoms with van der Waals surface area (Å²) in [5.74, 6) is -0.837. The third-order valence-electron chi connectivity index (χ3n) is 3.47. The number of nitrogens with zero attached hydrogens (tertiary/aromatic N) is 2. The summed E-state index contributed by atoms with van der Waals surface area (Å²) < 4.78 is 0. The lowest BCUT2D eigenvalue weighted by atomic mass is 10.1. The van der Waals surface area contributed by atoms with Crippen LogP contribution >= 0.6 is 11.3 Å². The summed E-state index contributed by atoms with van der Waals surface area (Å²) in [6.45, 7) is 6.32. The smallest absolute Gasteiger partial charge is 0.345 e. The molecule has 4 nitrogen and oxygen atoms in total. The molecule has 1 aromatic rings. The van der Waals surface area contributed by atoms with Gasteiger partial charge in [0.1, 0.15) is 4.88 Å². The molecule has 1 aliphatic heterocycles. The zero-order chi connectivity index (χ0) is 12.6. The van der Waals surface area contributed by atoms with E-state index in [0.29, 0.717) is 17.0 Å². The van der Waals surface area contributed by atoms with Gasteiger partial charge in [0.25, 0.3) is 0 Å². The first-order valence-corrected chi connectivity index (χ1v) is 6.60. The predicted molar refractivity (Wildman–Crippen MR) is 70.2 cm³/mol. The van der Waals surface area contributed by atoms with Crippen LogP contribution in [0.5, 0.6) is 0 Å². The lowest BCUT2D eigenvalue weighted by molar-refractivity contribution is 0.0702. The van der Waals surface area contributed by atoms with Crippen LogP contribution in [-0.4, -0.2) is 48.2 Å². The molecule has 1 aliphatic rings. The topological polar surface area (TPSA) is 43.8 Å². The van der Waals surface area contributed by atoms with Crippen LogP contribution in [0.15, 0.2) is 12.1 Å². The Bertz CT molecular complexity index is 406. The van der Waals surface area contributed by atoms with Crippen molar-refractivity contribution >= 4 is 22.3 Å². The number of aromatic carboxylic acids is 1. The first-order chi connectivity index (χ1) is 7.99. The summed E-state index contributed by atoms with van der Waals surface area (Å²) in [5.41, 5.74) is 0. The van der Waals surface area contributed by atoms with Gasteiger partial charge in [-0.05, 0) is 33.0 Å². The predicted octanol–water partition coefficient (Wildman–Crippen LogP) is 1.98. The van der Waals surface area contributed by atoms with E-state index in [4.69, 9.17) is 5.11 Å². The second kappa shape index (κ2) is 4.66. The van der Waals surface area contributed by atoms with Gasteiger partial charge in [-0.3, -0.25) is 4.90 Å². The molecule has 2 heterocycles. The van der Waals surface area contributed by atoms with Gasteiger partial charge in [-0.1, -0.05) is 0 Å². The summed E-state index contributed by atoms with van der Waals surface area (Å²) in [7, 11) is 2.14. The van der Waals surface area contributed by atoms with Crippen molar-refractivity contribution in [3.63, 3.8) is 0 Å². The third-order valence-corrected chi connectivity index (χ3v) is 4.61. The van der Waals surface area contributed by atoms with E-state index in [1.165, 1.54) is 11.3 Å². The fourth-order valence-corrected chi connectivity index (χ4v) is 3.06. The molecule has 2 rings (SSSR count). The van der Waals surface area contributed by atoms with Crippen LogP contribution < -0.4 is 4.90 Å². The first-order valence-electron chi connectivity index (χ1n) is 5.79. The van der Waals surface area contributed by atoms with Crippen molar-refractivity contribution in [3.05, 3.63) is 17.0 Å². The van der Waals surface area contributed by atoms with Gasteiger partial charge >= 0.3 is 5.97 Å². The van der Waals surface area contributed by atoms with Gasteiger partial charge in [-0.25, -0.2) is 4.79 Å². The van der Waals surface area contributed by atoms with Crippen LogP contribution in [0.3, 0.4) is 0 Å². The van der Waals surface area contributed by atoms with E-state index in [1.54, 1.807) is 6.07 Å². The SMILES string of the molecule is CC1CN(c2ccc(C(=O)O)s2)CC(C)N1C. The molecule has 0 saturated carbocycles. The number of thiophene rings is 1. The third kappa shape index (κ3) is 2.45. The molecule has 1 fully saturated rings. The van der Waals surface area contributed by atoms with E-state index >= 15 is 0 Å². The minimum Gasteiger partial charge on any atom is -0.477 e. The second-order valence-corrected chi connectivity index (χ2v) is 5.77. The van der Waals surface area contributed by atoms with Crippen molar-refractivity contribution in [2.24, 2.45) is 0 Å². The summed E-state index contributed by atoms with van der Waals surface area (Å²) in [5, 5.41) is 9.99. The van der Waals surface area contributed by atoms with E-state index in [1.807, 2.05) is 6.07 Å². The lowest BCUT2D eigenvalue weighted by Crippen LogP contribution is -2.54. The van der Waals surface area contributed by atoms with Gasteiger partial charge in [0.2, 0.25) is 0 Å². The van der Waals surface area contributed by atoms with Gasteiger partial charge in [-0.2, -0.15) is 0 Å². The fourth-order valence-electron chi connectivity index (χ4n) is 2.20. The maximum absolute atomic E-state index is 10.9. The van der Waals surface area contributed by atoms with E-state index in [-0.39, 0.29) is 0 Å². The van der Waals surface area contributed by atoms with Crippen LogP contribution in [0, 0.1) is 0 Å². The standard InChI is InChI=1S/C12H18N2O2S/c1-8-6-14(7-9(2)13(8)3)11-5-4-10(17-11)12(15)16/h4-5,8-9H,6-7H2,1-3H3,(H,15,16). The number of carbonyl (C=O) groups is 1. The van der Waals surface area contributed by atoms with Crippen molar-refractivity contribution < 1.29 is 9.90 Å². The molecule has 0 aromatic carbocycles. The van der Waals surface area contributed by atoms with E-state index < -0.39 is 5.97 Å². The highest BCUT2D eigenvalue weighted by Gasteiger charge is 2.27. The summed E-state index contributed by atoms with van der Waals surface area (Å²) in [6.07, 6.45) is 0. The molecular formula is C12H18N2O2S. The molecule has 0 amide bonds. The zero-order valence-corrected chi connectivity index (χ0v) is 11.2. The average Bonchev–Trinajstić information content (AvgIpc) is 2.74. The lowest BCUT2D eigenvalue weighted by Gasteiger charge is -2.42. The average molecular weight is 254 g/mol. The highest BCUT2D eigenvalue weighted by atomic mass is 32.1. The molecule has 2 unspecified atom stereocenters. The number of likely N-dealkylation sites (N-methyl/N-ethyl adjacent to an activating group) is 1. The van der Waals surface area contributed by atoms with E-state index in [2.05, 4.69) is 30.7 Å². The minimum atomic E-state index is -0.837. The maximum Gasteiger partial charge on any atom is 0.345 e. The molecule has 0 radical (unpaired) electrons. The Labute approximate surface area is 105 Å². The van der Waals surface area contributed by atoms with Crippen molar-refractivity contribution in [2.75, 3.05) is 25.0 Å². The molecule has 0 aliphatic carbocycles. The summed E-state index contributed by atoms with van der Waals surface area (Å²) in [6, 6.07) is 4.60. The molecular weight excluding hydrogens is 236 g/mol. The Morgan fingerprint density at radius 1 is 1.35 bits per heavy atom. The second-order valence-electron chi connectivity index (χ2n) is 4.71. The number of piperazine rings is 1. The minimum absolute atomic E-state index is 0.416. The highest BCUT2D eigenvalue weighted by Crippen LogP contribution is 2.29. The van der Waals surface area contributed by atoms with Crippen molar-refractivity contribution in [1.82, 2.24) is 4.90 Å². The Morgan fingerprint density at radius 2 is 1.94 bits per heavy atom. The van der Waals surface area contributed by atoms with Gasteiger partial charge in [-0.15, -0.1) is 11.3 Å². The van der Waals surface area contributed by atoms with Crippen LogP contribution in [0.4, 0.5) is 5.00 Å².